The van der Waals surface area contributed by atoms with Crippen LogP contribution in [0.2, 0.25) is 0 Å². The Balaban J connectivity index is 2.25. The maximum Gasteiger partial charge on any atom is 0.0707 e. The molecule has 0 aromatic heterocycles. The third kappa shape index (κ3) is 6.53. The van der Waals surface area contributed by atoms with Gasteiger partial charge in [0.15, 0.2) is 0 Å². The van der Waals surface area contributed by atoms with E-state index in [1.807, 2.05) is 0 Å². The molecule has 0 aromatic carbocycles. The van der Waals surface area contributed by atoms with Gasteiger partial charge in [-0.1, -0.05) is 20.8 Å². The van der Waals surface area contributed by atoms with Gasteiger partial charge in [0.1, 0.15) is 0 Å². The second-order valence-corrected chi connectivity index (χ2v) is 6.40. The summed E-state index contributed by atoms with van der Waals surface area (Å²) in [5, 5.41) is 3.50. The van der Waals surface area contributed by atoms with Gasteiger partial charge in [-0.2, -0.15) is 0 Å². The molecule has 0 spiro atoms. The number of methoxy groups -OCH3 is 1. The average molecular weight is 286 g/mol. The standard InChI is InChI=1S/C16H34N2O2/c1-6-18(14(4)12-19-5)11-16-8-7-15(20-16)10-17-9-13(2)3/h13-17H,6-12H2,1-5H3. The number of rotatable bonds is 10. The first-order valence-electron chi connectivity index (χ1n) is 8.15. The van der Waals surface area contributed by atoms with Gasteiger partial charge in [-0.3, -0.25) is 4.90 Å². The Bertz CT molecular complexity index is 249. The maximum absolute atomic E-state index is 6.16. The molecule has 4 nitrogen and oxygen atoms in total. The van der Waals surface area contributed by atoms with E-state index in [2.05, 4.69) is 37.9 Å². The van der Waals surface area contributed by atoms with Crippen molar-refractivity contribution >= 4 is 0 Å². The number of likely N-dealkylation sites (N-methyl/N-ethyl adjacent to an activating group) is 1. The predicted octanol–water partition coefficient (Wildman–Crippen LogP) is 2.14. The van der Waals surface area contributed by atoms with Crippen LogP contribution in [0, 0.1) is 5.92 Å². The molecule has 3 unspecified atom stereocenters. The zero-order chi connectivity index (χ0) is 15.0. The lowest BCUT2D eigenvalue weighted by Crippen LogP contribution is -2.41. The summed E-state index contributed by atoms with van der Waals surface area (Å²) in [4.78, 5) is 2.46. The molecule has 0 saturated carbocycles. The molecule has 1 fully saturated rings. The van der Waals surface area contributed by atoms with Crippen LogP contribution in [0.15, 0.2) is 0 Å². The highest BCUT2D eigenvalue weighted by Crippen LogP contribution is 2.20. The van der Waals surface area contributed by atoms with Crippen molar-refractivity contribution in [3.05, 3.63) is 0 Å². The van der Waals surface area contributed by atoms with Gasteiger partial charge in [0.05, 0.1) is 18.8 Å². The summed E-state index contributed by atoms with van der Waals surface area (Å²) in [6.07, 6.45) is 3.16. The van der Waals surface area contributed by atoms with E-state index in [1.54, 1.807) is 7.11 Å². The van der Waals surface area contributed by atoms with E-state index in [4.69, 9.17) is 9.47 Å². The molecule has 1 N–H and O–H groups in total. The first kappa shape index (κ1) is 17.9. The second kappa shape index (κ2) is 9.72. The molecule has 1 aliphatic heterocycles. The fraction of sp³-hybridized carbons (Fsp3) is 1.00. The van der Waals surface area contributed by atoms with Gasteiger partial charge in [-0.15, -0.1) is 0 Å². The highest BCUT2D eigenvalue weighted by atomic mass is 16.5. The zero-order valence-corrected chi connectivity index (χ0v) is 14.0. The quantitative estimate of drug-likeness (QED) is 0.667. The predicted molar refractivity (Wildman–Crippen MR) is 84.2 cm³/mol. The van der Waals surface area contributed by atoms with Crippen molar-refractivity contribution in [2.75, 3.05) is 39.9 Å². The van der Waals surface area contributed by atoms with Crippen LogP contribution in [-0.4, -0.2) is 63.0 Å². The van der Waals surface area contributed by atoms with Crippen LogP contribution in [0.3, 0.4) is 0 Å². The summed E-state index contributed by atoms with van der Waals surface area (Å²) in [5.41, 5.74) is 0. The van der Waals surface area contributed by atoms with Crippen molar-refractivity contribution in [1.29, 1.82) is 0 Å². The lowest BCUT2D eigenvalue weighted by Gasteiger charge is -2.29. The van der Waals surface area contributed by atoms with Gasteiger partial charge in [0, 0.05) is 26.2 Å². The lowest BCUT2D eigenvalue weighted by molar-refractivity contribution is 0.00752. The Morgan fingerprint density at radius 2 is 1.95 bits per heavy atom. The van der Waals surface area contributed by atoms with Gasteiger partial charge in [0.2, 0.25) is 0 Å². The Morgan fingerprint density at radius 3 is 2.55 bits per heavy atom. The van der Waals surface area contributed by atoms with Crippen molar-refractivity contribution in [2.45, 2.75) is 58.8 Å². The molecule has 120 valence electrons. The van der Waals surface area contributed by atoms with E-state index in [0.717, 1.165) is 32.8 Å². The highest BCUT2D eigenvalue weighted by molar-refractivity contribution is 4.79. The molecule has 0 aromatic rings. The monoisotopic (exact) mass is 286 g/mol. The van der Waals surface area contributed by atoms with Gasteiger partial charge in [0.25, 0.3) is 0 Å². The van der Waals surface area contributed by atoms with Crippen molar-refractivity contribution in [3.8, 4) is 0 Å². The van der Waals surface area contributed by atoms with Crippen molar-refractivity contribution in [2.24, 2.45) is 5.92 Å². The summed E-state index contributed by atoms with van der Waals surface area (Å²) in [6.45, 7) is 13.9. The minimum Gasteiger partial charge on any atom is -0.383 e. The van der Waals surface area contributed by atoms with Gasteiger partial charge in [-0.05, 0) is 38.8 Å². The maximum atomic E-state index is 6.16. The number of nitrogens with one attached hydrogen (secondary N) is 1. The Kier molecular flexibility index (Phi) is 8.69. The second-order valence-electron chi connectivity index (χ2n) is 6.40. The number of nitrogens with zero attached hydrogens (tertiary/aromatic N) is 1. The summed E-state index contributed by atoms with van der Waals surface area (Å²) in [7, 11) is 1.77. The van der Waals surface area contributed by atoms with Crippen LogP contribution < -0.4 is 5.32 Å². The van der Waals surface area contributed by atoms with Crippen LogP contribution >= 0.6 is 0 Å². The Morgan fingerprint density at radius 1 is 1.25 bits per heavy atom. The minimum absolute atomic E-state index is 0.389. The highest BCUT2D eigenvalue weighted by Gasteiger charge is 2.27. The normalized spacial score (nSPS) is 24.8. The van der Waals surface area contributed by atoms with Crippen LogP contribution in [0.5, 0.6) is 0 Å². The molecule has 0 radical (unpaired) electrons. The smallest absolute Gasteiger partial charge is 0.0707 e. The average Bonchev–Trinajstić information content (AvgIpc) is 2.83. The zero-order valence-electron chi connectivity index (χ0n) is 14.0. The molecule has 1 saturated heterocycles. The van der Waals surface area contributed by atoms with E-state index in [9.17, 15) is 0 Å². The molecule has 3 atom stereocenters. The number of hydrogen-bond acceptors (Lipinski definition) is 4. The molecule has 0 aliphatic carbocycles. The molecule has 1 rings (SSSR count). The molecular formula is C16H34N2O2. The van der Waals surface area contributed by atoms with Crippen molar-refractivity contribution in [3.63, 3.8) is 0 Å². The van der Waals surface area contributed by atoms with Crippen LogP contribution in [-0.2, 0) is 9.47 Å². The first-order chi connectivity index (χ1) is 9.56. The molecule has 0 amide bonds. The van der Waals surface area contributed by atoms with Gasteiger partial charge >= 0.3 is 0 Å². The summed E-state index contributed by atoms with van der Waals surface area (Å²) in [5.74, 6) is 0.706. The Labute approximate surface area is 125 Å². The van der Waals surface area contributed by atoms with Gasteiger partial charge in [-0.25, -0.2) is 0 Å². The topological polar surface area (TPSA) is 33.7 Å². The van der Waals surface area contributed by atoms with Crippen LogP contribution in [0.1, 0.15) is 40.5 Å². The van der Waals surface area contributed by atoms with Gasteiger partial charge < -0.3 is 14.8 Å². The largest absolute Gasteiger partial charge is 0.383 e. The molecule has 20 heavy (non-hydrogen) atoms. The van der Waals surface area contributed by atoms with E-state index in [0.29, 0.717) is 24.2 Å². The molecule has 4 heteroatoms. The van der Waals surface area contributed by atoms with E-state index in [-0.39, 0.29) is 0 Å². The molecule has 0 bridgehead atoms. The lowest BCUT2D eigenvalue weighted by atomic mass is 10.1. The van der Waals surface area contributed by atoms with Crippen LogP contribution in [0.4, 0.5) is 0 Å². The van der Waals surface area contributed by atoms with Crippen molar-refractivity contribution < 1.29 is 9.47 Å². The fourth-order valence-electron chi connectivity index (χ4n) is 2.83. The van der Waals surface area contributed by atoms with E-state index in [1.165, 1.54) is 12.8 Å². The van der Waals surface area contributed by atoms with Crippen LogP contribution in [0.25, 0.3) is 0 Å². The summed E-state index contributed by atoms with van der Waals surface area (Å²) in [6, 6.07) is 0.465. The van der Waals surface area contributed by atoms with E-state index < -0.39 is 0 Å². The third-order valence-electron chi connectivity index (χ3n) is 4.00. The summed E-state index contributed by atoms with van der Waals surface area (Å²) >= 11 is 0. The molecule has 1 heterocycles. The number of hydrogen-bond donors (Lipinski definition) is 1. The number of ether oxygens (including phenoxy) is 2. The minimum atomic E-state index is 0.389. The Hall–Kier alpha value is -0.160. The molecule has 1 aliphatic rings. The SMILES string of the molecule is CCN(CC1CCC(CNCC(C)C)O1)C(C)COC. The first-order valence-corrected chi connectivity index (χ1v) is 8.15. The summed E-state index contributed by atoms with van der Waals surface area (Å²) < 4.78 is 11.4. The molecular weight excluding hydrogens is 252 g/mol. The fourth-order valence-corrected chi connectivity index (χ4v) is 2.83. The van der Waals surface area contributed by atoms with E-state index >= 15 is 0 Å². The van der Waals surface area contributed by atoms with Crippen molar-refractivity contribution in [1.82, 2.24) is 10.2 Å². The third-order valence-corrected chi connectivity index (χ3v) is 4.00.